The highest BCUT2D eigenvalue weighted by atomic mass is 32.2. The molecule has 1 aliphatic heterocycles. The first-order chi connectivity index (χ1) is 18.4. The van der Waals surface area contributed by atoms with Crippen molar-refractivity contribution in [2.75, 3.05) is 5.75 Å². The summed E-state index contributed by atoms with van der Waals surface area (Å²) in [6.07, 6.45) is 0.831. The van der Waals surface area contributed by atoms with Gasteiger partial charge in [0.2, 0.25) is 0 Å². The molecule has 2 N–H and O–H groups in total. The Bertz CT molecular complexity index is 1190. The maximum absolute atomic E-state index is 12.1. The van der Waals surface area contributed by atoms with E-state index in [1.807, 2.05) is 66.7 Å². The lowest BCUT2D eigenvalue weighted by Crippen LogP contribution is -2.35. The SMILES string of the molecule is CC(=O)O[C@@H](C)C(=O)NCc1ccc([C@@H]2O[C@H](CSc3ccccn3)C[C@H](c3ccc(CO)cc3)O2)cc1. The summed E-state index contributed by atoms with van der Waals surface area (Å²) in [6, 6.07) is 21.3. The standard InChI is InChI=1S/C29H32N2O6S/c1-19(35-20(2)33)28(34)31-16-21-6-12-24(13-7-21)29-36-25(18-38-27-5-3-4-14-30-27)15-26(37-29)23-10-8-22(17-32)9-11-23/h3-14,19,25-26,29,32H,15-18H2,1-2H3,(H,31,34)/t19-,25-,26+,29+/m0/s1. The van der Waals surface area contributed by atoms with Gasteiger partial charge >= 0.3 is 5.97 Å². The summed E-state index contributed by atoms with van der Waals surface area (Å²) in [7, 11) is 0. The first-order valence-electron chi connectivity index (χ1n) is 12.5. The Balaban J connectivity index is 1.43. The minimum Gasteiger partial charge on any atom is -0.453 e. The molecule has 1 aromatic heterocycles. The number of pyridine rings is 1. The monoisotopic (exact) mass is 536 g/mol. The number of thioether (sulfide) groups is 1. The van der Waals surface area contributed by atoms with E-state index in [2.05, 4.69) is 10.3 Å². The van der Waals surface area contributed by atoms with E-state index >= 15 is 0 Å². The number of aliphatic hydroxyl groups excluding tert-OH is 1. The van der Waals surface area contributed by atoms with Crippen molar-refractivity contribution in [1.82, 2.24) is 10.3 Å². The average molecular weight is 537 g/mol. The van der Waals surface area contributed by atoms with Crippen LogP contribution in [0.2, 0.25) is 0 Å². The molecule has 0 unspecified atom stereocenters. The molecule has 0 radical (unpaired) electrons. The molecule has 0 aliphatic carbocycles. The maximum Gasteiger partial charge on any atom is 0.303 e. The minimum atomic E-state index is -0.847. The topological polar surface area (TPSA) is 107 Å². The van der Waals surface area contributed by atoms with Crippen LogP contribution < -0.4 is 5.32 Å². The molecule has 8 nitrogen and oxygen atoms in total. The average Bonchev–Trinajstić information content (AvgIpc) is 2.95. The summed E-state index contributed by atoms with van der Waals surface area (Å²) in [6.45, 7) is 3.11. The minimum absolute atomic E-state index is 0.00362. The molecule has 9 heteroatoms. The molecule has 4 rings (SSSR count). The smallest absolute Gasteiger partial charge is 0.303 e. The summed E-state index contributed by atoms with van der Waals surface area (Å²) in [5.41, 5.74) is 3.65. The molecular weight excluding hydrogens is 504 g/mol. The van der Waals surface area contributed by atoms with Crippen LogP contribution in [0.25, 0.3) is 0 Å². The largest absolute Gasteiger partial charge is 0.453 e. The summed E-state index contributed by atoms with van der Waals surface area (Å²) >= 11 is 1.65. The lowest BCUT2D eigenvalue weighted by atomic mass is 10.0. The van der Waals surface area contributed by atoms with E-state index in [1.54, 1.807) is 18.0 Å². The number of amides is 1. The number of aromatic nitrogens is 1. The zero-order valence-corrected chi connectivity index (χ0v) is 22.2. The van der Waals surface area contributed by atoms with Gasteiger partial charge in [-0.05, 0) is 35.7 Å². The van der Waals surface area contributed by atoms with Gasteiger partial charge in [0.1, 0.15) is 0 Å². The molecule has 0 spiro atoms. The fourth-order valence-electron chi connectivity index (χ4n) is 4.06. The number of carbonyl (C=O) groups is 2. The van der Waals surface area contributed by atoms with Gasteiger partial charge in [-0.3, -0.25) is 9.59 Å². The zero-order valence-electron chi connectivity index (χ0n) is 21.4. The number of nitrogens with one attached hydrogen (secondary N) is 1. The number of benzene rings is 2. The van der Waals surface area contributed by atoms with E-state index in [-0.39, 0.29) is 24.7 Å². The van der Waals surface area contributed by atoms with E-state index in [0.29, 0.717) is 13.0 Å². The summed E-state index contributed by atoms with van der Waals surface area (Å²) in [5, 5.41) is 13.1. The second-order valence-electron chi connectivity index (χ2n) is 9.04. The predicted octanol–water partition coefficient (Wildman–Crippen LogP) is 4.48. The van der Waals surface area contributed by atoms with Gasteiger partial charge in [-0.25, -0.2) is 4.98 Å². The number of aliphatic hydroxyl groups is 1. The van der Waals surface area contributed by atoms with Crippen LogP contribution in [0.3, 0.4) is 0 Å². The number of esters is 1. The molecule has 1 saturated heterocycles. The highest BCUT2D eigenvalue weighted by Crippen LogP contribution is 2.39. The van der Waals surface area contributed by atoms with E-state index in [4.69, 9.17) is 14.2 Å². The highest BCUT2D eigenvalue weighted by molar-refractivity contribution is 7.99. The fourth-order valence-corrected chi connectivity index (χ4v) is 4.94. The van der Waals surface area contributed by atoms with Crippen LogP contribution in [0.5, 0.6) is 0 Å². The van der Waals surface area contributed by atoms with Crippen LogP contribution in [0.15, 0.2) is 78.0 Å². The molecular formula is C29H32N2O6S. The van der Waals surface area contributed by atoms with Crippen molar-refractivity contribution in [2.24, 2.45) is 0 Å². The van der Waals surface area contributed by atoms with Gasteiger partial charge in [0.15, 0.2) is 12.4 Å². The van der Waals surface area contributed by atoms with Gasteiger partial charge in [-0.1, -0.05) is 54.6 Å². The molecule has 2 heterocycles. The van der Waals surface area contributed by atoms with Gasteiger partial charge in [0.05, 0.1) is 23.8 Å². The van der Waals surface area contributed by atoms with Gasteiger partial charge in [-0.15, -0.1) is 11.8 Å². The number of hydrogen-bond acceptors (Lipinski definition) is 8. The third kappa shape index (κ3) is 7.88. The van der Waals surface area contributed by atoms with Crippen LogP contribution in [0.4, 0.5) is 0 Å². The van der Waals surface area contributed by atoms with Crippen LogP contribution in [-0.4, -0.2) is 39.9 Å². The van der Waals surface area contributed by atoms with Crippen molar-refractivity contribution >= 4 is 23.6 Å². The Morgan fingerprint density at radius 1 is 1.05 bits per heavy atom. The molecule has 1 aliphatic rings. The highest BCUT2D eigenvalue weighted by Gasteiger charge is 2.32. The van der Waals surface area contributed by atoms with Crippen molar-refractivity contribution in [2.45, 2.75) is 63.0 Å². The van der Waals surface area contributed by atoms with Crippen LogP contribution in [0, 0.1) is 0 Å². The summed E-state index contributed by atoms with van der Waals surface area (Å²) in [4.78, 5) is 27.6. The first kappa shape index (κ1) is 27.8. The Morgan fingerprint density at radius 3 is 2.42 bits per heavy atom. The van der Waals surface area contributed by atoms with Crippen molar-refractivity contribution < 1.29 is 28.9 Å². The number of nitrogens with zero attached hydrogens (tertiary/aromatic N) is 1. The molecule has 3 aromatic rings. The van der Waals surface area contributed by atoms with Gasteiger partial charge in [0.25, 0.3) is 5.91 Å². The van der Waals surface area contributed by atoms with Crippen molar-refractivity contribution in [1.29, 1.82) is 0 Å². The molecule has 0 saturated carbocycles. The first-order valence-corrected chi connectivity index (χ1v) is 13.5. The fraction of sp³-hybridized carbons (Fsp3) is 0.345. The van der Waals surface area contributed by atoms with Crippen LogP contribution >= 0.6 is 11.8 Å². The van der Waals surface area contributed by atoms with Crippen LogP contribution in [-0.2, 0) is 37.0 Å². The zero-order chi connectivity index (χ0) is 26.9. The summed E-state index contributed by atoms with van der Waals surface area (Å²) in [5.74, 6) is -0.123. The summed E-state index contributed by atoms with van der Waals surface area (Å²) < 4.78 is 17.7. The van der Waals surface area contributed by atoms with Gasteiger partial charge in [-0.2, -0.15) is 0 Å². The lowest BCUT2D eigenvalue weighted by molar-refractivity contribution is -0.245. The second kappa shape index (κ2) is 13.5. The van der Waals surface area contributed by atoms with E-state index in [1.165, 1.54) is 13.8 Å². The Hall–Kier alpha value is -3.24. The van der Waals surface area contributed by atoms with E-state index in [0.717, 1.165) is 33.0 Å². The van der Waals surface area contributed by atoms with Gasteiger partial charge < -0.3 is 24.6 Å². The molecule has 0 bridgehead atoms. The molecule has 4 atom stereocenters. The number of carbonyl (C=O) groups excluding carboxylic acids is 2. The van der Waals surface area contributed by atoms with Gasteiger partial charge in [0, 0.05) is 37.4 Å². The predicted molar refractivity (Wildman–Crippen MR) is 143 cm³/mol. The van der Waals surface area contributed by atoms with E-state index in [9.17, 15) is 14.7 Å². The Labute approximate surface area is 226 Å². The van der Waals surface area contributed by atoms with Crippen LogP contribution in [0.1, 0.15) is 54.9 Å². The van der Waals surface area contributed by atoms with Crippen molar-refractivity contribution in [3.63, 3.8) is 0 Å². The Kier molecular flexibility index (Phi) is 9.89. The van der Waals surface area contributed by atoms with Crippen molar-refractivity contribution in [3.8, 4) is 0 Å². The third-order valence-corrected chi connectivity index (χ3v) is 7.18. The second-order valence-corrected chi connectivity index (χ2v) is 10.1. The maximum atomic E-state index is 12.1. The lowest BCUT2D eigenvalue weighted by Gasteiger charge is -2.36. The molecule has 1 amide bonds. The van der Waals surface area contributed by atoms with E-state index < -0.39 is 18.4 Å². The quantitative estimate of drug-likeness (QED) is 0.289. The number of rotatable bonds is 10. The number of ether oxygens (including phenoxy) is 3. The normalized spacial score (nSPS) is 19.9. The molecule has 2 aromatic carbocycles. The van der Waals surface area contributed by atoms with Crippen molar-refractivity contribution in [3.05, 3.63) is 95.2 Å². The molecule has 1 fully saturated rings. The molecule has 200 valence electrons. The molecule has 38 heavy (non-hydrogen) atoms. The Morgan fingerprint density at radius 2 is 1.76 bits per heavy atom. The number of hydrogen-bond donors (Lipinski definition) is 2. The third-order valence-electron chi connectivity index (χ3n) is 6.10.